The summed E-state index contributed by atoms with van der Waals surface area (Å²) < 4.78 is 15.4. The van der Waals surface area contributed by atoms with Gasteiger partial charge in [-0.15, -0.1) is 0 Å². The molecule has 5 heteroatoms. The molecule has 0 aliphatic carbocycles. The van der Waals surface area contributed by atoms with Crippen molar-refractivity contribution in [1.82, 2.24) is 5.16 Å². The van der Waals surface area contributed by atoms with Crippen molar-refractivity contribution in [2.75, 3.05) is 13.7 Å². The predicted octanol–water partition coefficient (Wildman–Crippen LogP) is 2.56. The molecule has 18 heavy (non-hydrogen) atoms. The molecule has 0 aliphatic heterocycles. The third-order valence-corrected chi connectivity index (χ3v) is 2.46. The Kier molecular flexibility index (Phi) is 3.62. The lowest BCUT2D eigenvalue weighted by atomic mass is 10.1. The van der Waals surface area contributed by atoms with Gasteiger partial charge in [-0.3, -0.25) is 4.79 Å². The van der Waals surface area contributed by atoms with Crippen molar-refractivity contribution < 1.29 is 18.8 Å². The van der Waals surface area contributed by atoms with Gasteiger partial charge >= 0.3 is 0 Å². The van der Waals surface area contributed by atoms with Gasteiger partial charge in [0.1, 0.15) is 12.0 Å². The van der Waals surface area contributed by atoms with Crippen LogP contribution in [0.5, 0.6) is 11.5 Å². The van der Waals surface area contributed by atoms with Gasteiger partial charge in [-0.05, 0) is 25.1 Å². The fourth-order valence-electron chi connectivity index (χ4n) is 1.64. The molecule has 1 aromatic heterocycles. The summed E-state index contributed by atoms with van der Waals surface area (Å²) in [4.78, 5) is 10.8. The van der Waals surface area contributed by atoms with Crippen LogP contribution < -0.4 is 9.47 Å². The van der Waals surface area contributed by atoms with E-state index in [0.717, 1.165) is 5.56 Å². The van der Waals surface area contributed by atoms with Gasteiger partial charge in [-0.25, -0.2) is 0 Å². The van der Waals surface area contributed by atoms with Crippen LogP contribution in [-0.4, -0.2) is 25.2 Å². The van der Waals surface area contributed by atoms with Crippen LogP contribution in [0.4, 0.5) is 0 Å². The molecule has 0 saturated heterocycles. The zero-order chi connectivity index (χ0) is 13.0. The van der Waals surface area contributed by atoms with Gasteiger partial charge in [0.2, 0.25) is 0 Å². The first kappa shape index (κ1) is 12.2. The SMILES string of the molecule is CCOc1ccc(-c2nocc2C=O)cc1OC. The second kappa shape index (κ2) is 5.35. The Labute approximate surface area is 104 Å². The molecule has 0 amide bonds. The van der Waals surface area contributed by atoms with Crippen LogP contribution in [0.15, 0.2) is 29.0 Å². The number of nitrogens with zero attached hydrogens (tertiary/aromatic N) is 1. The molecule has 1 heterocycles. The summed E-state index contributed by atoms with van der Waals surface area (Å²) in [7, 11) is 1.56. The lowest BCUT2D eigenvalue weighted by molar-refractivity contribution is 0.112. The highest BCUT2D eigenvalue weighted by Crippen LogP contribution is 2.32. The predicted molar refractivity (Wildman–Crippen MR) is 65.0 cm³/mol. The number of carbonyl (C=O) groups is 1. The van der Waals surface area contributed by atoms with Crippen LogP contribution in [0.3, 0.4) is 0 Å². The van der Waals surface area contributed by atoms with Gasteiger partial charge in [0.25, 0.3) is 0 Å². The molecule has 1 aromatic carbocycles. The largest absolute Gasteiger partial charge is 0.493 e. The molecule has 0 atom stereocenters. The molecule has 0 saturated carbocycles. The summed E-state index contributed by atoms with van der Waals surface area (Å²) >= 11 is 0. The zero-order valence-corrected chi connectivity index (χ0v) is 10.2. The lowest BCUT2D eigenvalue weighted by Gasteiger charge is -2.10. The van der Waals surface area contributed by atoms with E-state index in [4.69, 9.17) is 14.0 Å². The van der Waals surface area contributed by atoms with Gasteiger partial charge in [0.05, 0.1) is 19.3 Å². The van der Waals surface area contributed by atoms with Crippen molar-refractivity contribution in [2.24, 2.45) is 0 Å². The standard InChI is InChI=1S/C13H13NO4/c1-3-17-11-5-4-9(6-12(11)16-2)13-10(7-15)8-18-14-13/h4-8H,3H2,1-2H3. The number of rotatable bonds is 5. The topological polar surface area (TPSA) is 61.6 Å². The summed E-state index contributed by atoms with van der Waals surface area (Å²) in [5.74, 6) is 1.24. The zero-order valence-electron chi connectivity index (χ0n) is 10.2. The third kappa shape index (κ3) is 2.20. The first-order valence-corrected chi connectivity index (χ1v) is 5.51. The highest BCUT2D eigenvalue weighted by molar-refractivity contribution is 5.85. The molecule has 94 valence electrons. The number of hydrogen-bond acceptors (Lipinski definition) is 5. The van der Waals surface area contributed by atoms with Crippen molar-refractivity contribution in [3.05, 3.63) is 30.0 Å². The van der Waals surface area contributed by atoms with Crippen LogP contribution in [-0.2, 0) is 0 Å². The number of ether oxygens (including phenoxy) is 2. The van der Waals surface area contributed by atoms with Gasteiger partial charge in [0, 0.05) is 5.56 Å². The maximum Gasteiger partial charge on any atom is 0.161 e. The normalized spacial score (nSPS) is 10.1. The molecule has 0 fully saturated rings. The maximum atomic E-state index is 10.8. The monoisotopic (exact) mass is 247 g/mol. The average molecular weight is 247 g/mol. The molecule has 5 nitrogen and oxygen atoms in total. The van der Waals surface area contributed by atoms with Crippen molar-refractivity contribution >= 4 is 6.29 Å². The summed E-state index contributed by atoms with van der Waals surface area (Å²) in [6.45, 7) is 2.45. The van der Waals surface area contributed by atoms with Crippen molar-refractivity contribution in [1.29, 1.82) is 0 Å². The van der Waals surface area contributed by atoms with Gasteiger partial charge < -0.3 is 14.0 Å². The first-order chi connectivity index (χ1) is 8.80. The van der Waals surface area contributed by atoms with E-state index in [-0.39, 0.29) is 0 Å². The van der Waals surface area contributed by atoms with Crippen LogP contribution in [0, 0.1) is 0 Å². The van der Waals surface area contributed by atoms with Crippen LogP contribution in [0.25, 0.3) is 11.3 Å². The Morgan fingerprint density at radius 3 is 2.89 bits per heavy atom. The molecular formula is C13H13NO4. The van der Waals surface area contributed by atoms with Crippen LogP contribution in [0.1, 0.15) is 17.3 Å². The van der Waals surface area contributed by atoms with E-state index in [9.17, 15) is 4.79 Å². The summed E-state index contributed by atoms with van der Waals surface area (Å²) in [5, 5.41) is 3.81. The smallest absolute Gasteiger partial charge is 0.161 e. The molecule has 2 aromatic rings. The highest BCUT2D eigenvalue weighted by Gasteiger charge is 2.12. The molecule has 0 aliphatic rings. The van der Waals surface area contributed by atoms with Gasteiger partial charge in [0.15, 0.2) is 17.8 Å². The average Bonchev–Trinajstić information content (AvgIpc) is 2.88. The number of hydrogen-bond donors (Lipinski definition) is 0. The molecule has 0 bridgehead atoms. The van der Waals surface area contributed by atoms with Gasteiger partial charge in [-0.1, -0.05) is 5.16 Å². The summed E-state index contributed by atoms with van der Waals surface area (Å²) in [6, 6.07) is 5.34. The number of aromatic nitrogens is 1. The fourth-order valence-corrected chi connectivity index (χ4v) is 1.64. The van der Waals surface area contributed by atoms with E-state index in [1.165, 1.54) is 6.26 Å². The minimum Gasteiger partial charge on any atom is -0.493 e. The van der Waals surface area contributed by atoms with Crippen LogP contribution >= 0.6 is 0 Å². The number of benzene rings is 1. The first-order valence-electron chi connectivity index (χ1n) is 5.51. The second-order valence-electron chi connectivity index (χ2n) is 3.53. The minimum absolute atomic E-state index is 0.404. The summed E-state index contributed by atoms with van der Waals surface area (Å²) in [5.41, 5.74) is 1.64. The summed E-state index contributed by atoms with van der Waals surface area (Å²) in [6.07, 6.45) is 2.01. The maximum absolute atomic E-state index is 10.8. The molecule has 0 N–H and O–H groups in total. The fraction of sp³-hybridized carbons (Fsp3) is 0.231. The van der Waals surface area contributed by atoms with E-state index in [1.807, 2.05) is 6.92 Å². The van der Waals surface area contributed by atoms with E-state index in [0.29, 0.717) is 35.6 Å². The van der Waals surface area contributed by atoms with E-state index in [2.05, 4.69) is 5.16 Å². The Morgan fingerprint density at radius 1 is 1.39 bits per heavy atom. The molecule has 0 unspecified atom stereocenters. The Hall–Kier alpha value is -2.30. The molecule has 2 rings (SSSR count). The Morgan fingerprint density at radius 2 is 2.22 bits per heavy atom. The van der Waals surface area contributed by atoms with E-state index < -0.39 is 0 Å². The second-order valence-corrected chi connectivity index (χ2v) is 3.53. The number of aldehydes is 1. The molecule has 0 radical (unpaired) electrons. The van der Waals surface area contributed by atoms with Crippen molar-refractivity contribution in [3.8, 4) is 22.8 Å². The van der Waals surface area contributed by atoms with Gasteiger partial charge in [-0.2, -0.15) is 0 Å². The van der Waals surface area contributed by atoms with E-state index in [1.54, 1.807) is 25.3 Å². The highest BCUT2D eigenvalue weighted by atomic mass is 16.5. The quantitative estimate of drug-likeness (QED) is 0.760. The molecular weight excluding hydrogens is 234 g/mol. The van der Waals surface area contributed by atoms with E-state index >= 15 is 0 Å². The van der Waals surface area contributed by atoms with Crippen LogP contribution in [0.2, 0.25) is 0 Å². The Bertz CT molecular complexity index is 548. The lowest BCUT2D eigenvalue weighted by Crippen LogP contribution is -1.96. The minimum atomic E-state index is 0.404. The molecule has 0 spiro atoms. The van der Waals surface area contributed by atoms with Crippen molar-refractivity contribution in [2.45, 2.75) is 6.92 Å². The number of methoxy groups -OCH3 is 1. The van der Waals surface area contributed by atoms with Crippen molar-refractivity contribution in [3.63, 3.8) is 0 Å². The Balaban J connectivity index is 2.44. The number of carbonyl (C=O) groups excluding carboxylic acids is 1. The third-order valence-electron chi connectivity index (χ3n) is 2.46.